The fourth-order valence-electron chi connectivity index (χ4n) is 1.41. The molecule has 2 N–H and O–H groups in total. The fourth-order valence-corrected chi connectivity index (χ4v) is 2.40. The first-order valence-electron chi connectivity index (χ1n) is 7.17. The third-order valence-electron chi connectivity index (χ3n) is 2.78. The topological polar surface area (TPSA) is 67.4 Å². The van der Waals surface area contributed by atoms with Gasteiger partial charge in [-0.15, -0.1) is 0 Å². The molecule has 1 atom stereocenters. The van der Waals surface area contributed by atoms with Gasteiger partial charge in [0, 0.05) is 19.7 Å². The van der Waals surface area contributed by atoms with Crippen molar-refractivity contribution in [3.8, 4) is 0 Å². The van der Waals surface area contributed by atoms with Gasteiger partial charge in [-0.3, -0.25) is 0 Å². The first kappa shape index (κ1) is 18.8. The van der Waals surface area contributed by atoms with Crippen LogP contribution in [0, 0.1) is 5.92 Å². The van der Waals surface area contributed by atoms with Crippen LogP contribution in [-0.2, 0) is 14.8 Å². The van der Waals surface area contributed by atoms with E-state index >= 15 is 0 Å². The van der Waals surface area contributed by atoms with Gasteiger partial charge in [-0.05, 0) is 32.2 Å². The molecule has 0 rings (SSSR count). The summed E-state index contributed by atoms with van der Waals surface area (Å²) in [7, 11) is -3.24. The molecule has 0 amide bonds. The predicted molar refractivity (Wildman–Crippen MR) is 79.8 cm³/mol. The number of hydrogen-bond donors (Lipinski definition) is 2. The Morgan fingerprint density at radius 2 is 1.79 bits per heavy atom. The molecule has 0 saturated carbocycles. The van der Waals surface area contributed by atoms with Crippen molar-refractivity contribution in [3.63, 3.8) is 0 Å². The van der Waals surface area contributed by atoms with Crippen molar-refractivity contribution in [2.24, 2.45) is 5.92 Å². The van der Waals surface area contributed by atoms with Crippen LogP contribution in [0.2, 0.25) is 0 Å². The van der Waals surface area contributed by atoms with Crippen molar-refractivity contribution in [1.82, 2.24) is 10.0 Å². The Hall–Kier alpha value is -0.170. The maximum absolute atomic E-state index is 11.9. The van der Waals surface area contributed by atoms with Gasteiger partial charge >= 0.3 is 0 Å². The van der Waals surface area contributed by atoms with Crippen molar-refractivity contribution < 1.29 is 13.2 Å². The molecule has 19 heavy (non-hydrogen) atoms. The standard InChI is InChI=1S/C13H30N2O3S/c1-5-7-14-11-13(4)19(16,17)15-8-10-18-9-6-12(2)3/h12-15H,5-11H2,1-4H3. The molecule has 0 aromatic heterocycles. The van der Waals surface area contributed by atoms with Gasteiger partial charge in [-0.1, -0.05) is 20.8 Å². The smallest absolute Gasteiger partial charge is 0.215 e. The summed E-state index contributed by atoms with van der Waals surface area (Å²) in [5, 5.41) is 2.69. The van der Waals surface area contributed by atoms with E-state index < -0.39 is 15.3 Å². The lowest BCUT2D eigenvalue weighted by molar-refractivity contribution is 0.128. The monoisotopic (exact) mass is 294 g/mol. The van der Waals surface area contributed by atoms with E-state index in [1.807, 2.05) is 0 Å². The van der Waals surface area contributed by atoms with Crippen molar-refractivity contribution >= 4 is 10.0 Å². The number of nitrogens with one attached hydrogen (secondary N) is 2. The molecule has 0 aromatic rings. The summed E-state index contributed by atoms with van der Waals surface area (Å²) in [6.45, 7) is 10.8. The number of ether oxygens (including phenoxy) is 1. The second kappa shape index (κ2) is 10.6. The second-order valence-corrected chi connectivity index (χ2v) is 7.43. The molecule has 5 nitrogen and oxygen atoms in total. The van der Waals surface area contributed by atoms with Gasteiger partial charge < -0.3 is 10.1 Å². The van der Waals surface area contributed by atoms with Crippen LogP contribution < -0.4 is 10.0 Å². The Kier molecular flexibility index (Phi) is 10.5. The molecule has 0 aromatic carbocycles. The molecule has 0 fully saturated rings. The molecule has 0 heterocycles. The Morgan fingerprint density at radius 3 is 2.37 bits per heavy atom. The van der Waals surface area contributed by atoms with Crippen LogP contribution in [0.1, 0.15) is 40.5 Å². The minimum atomic E-state index is -3.24. The SMILES string of the molecule is CCCNCC(C)S(=O)(=O)NCCOCCC(C)C. The second-order valence-electron chi connectivity index (χ2n) is 5.25. The Labute approximate surface area is 118 Å². The van der Waals surface area contributed by atoms with Gasteiger partial charge in [0.2, 0.25) is 10.0 Å². The highest BCUT2D eigenvalue weighted by molar-refractivity contribution is 7.90. The minimum absolute atomic E-state index is 0.346. The lowest BCUT2D eigenvalue weighted by Crippen LogP contribution is -2.40. The van der Waals surface area contributed by atoms with E-state index in [0.717, 1.165) is 19.4 Å². The first-order chi connectivity index (χ1) is 8.90. The van der Waals surface area contributed by atoms with Crippen LogP contribution in [0.15, 0.2) is 0 Å². The van der Waals surface area contributed by atoms with Crippen LogP contribution in [0.5, 0.6) is 0 Å². The average molecular weight is 294 g/mol. The van der Waals surface area contributed by atoms with E-state index in [-0.39, 0.29) is 0 Å². The molecule has 0 bridgehead atoms. The molecule has 6 heteroatoms. The zero-order valence-corrected chi connectivity index (χ0v) is 13.6. The van der Waals surface area contributed by atoms with Crippen LogP contribution >= 0.6 is 0 Å². The molecule has 0 aliphatic carbocycles. The predicted octanol–water partition coefficient (Wildman–Crippen LogP) is 1.36. The molecule has 116 valence electrons. The number of rotatable bonds is 12. The van der Waals surface area contributed by atoms with Gasteiger partial charge in [0.1, 0.15) is 0 Å². The maximum Gasteiger partial charge on any atom is 0.215 e. The summed E-state index contributed by atoms with van der Waals surface area (Å²) in [4.78, 5) is 0. The van der Waals surface area contributed by atoms with E-state index in [0.29, 0.717) is 32.2 Å². The Morgan fingerprint density at radius 1 is 1.11 bits per heavy atom. The lowest BCUT2D eigenvalue weighted by Gasteiger charge is -2.14. The zero-order chi connectivity index (χ0) is 14.7. The third kappa shape index (κ3) is 10.3. The summed E-state index contributed by atoms with van der Waals surface area (Å²) in [6.07, 6.45) is 2.01. The molecule has 0 aliphatic rings. The van der Waals surface area contributed by atoms with Crippen molar-refractivity contribution in [2.75, 3.05) is 32.8 Å². The van der Waals surface area contributed by atoms with Crippen LogP contribution in [0.4, 0.5) is 0 Å². The molecular formula is C13H30N2O3S. The normalized spacial score (nSPS) is 13.9. The highest BCUT2D eigenvalue weighted by Crippen LogP contribution is 1.99. The van der Waals surface area contributed by atoms with E-state index in [4.69, 9.17) is 4.74 Å². The van der Waals surface area contributed by atoms with Gasteiger partial charge in [-0.2, -0.15) is 0 Å². The molecule has 0 aliphatic heterocycles. The fraction of sp³-hybridized carbons (Fsp3) is 1.00. The van der Waals surface area contributed by atoms with Gasteiger partial charge in [0.25, 0.3) is 0 Å². The highest BCUT2D eigenvalue weighted by Gasteiger charge is 2.19. The van der Waals surface area contributed by atoms with Crippen LogP contribution in [0.3, 0.4) is 0 Å². The van der Waals surface area contributed by atoms with E-state index in [2.05, 4.69) is 30.8 Å². The van der Waals surface area contributed by atoms with Crippen LogP contribution in [-0.4, -0.2) is 46.5 Å². The molecule has 0 spiro atoms. The van der Waals surface area contributed by atoms with Crippen molar-refractivity contribution in [2.45, 2.75) is 45.8 Å². The molecule has 1 unspecified atom stereocenters. The summed E-state index contributed by atoms with van der Waals surface area (Å²) in [5.74, 6) is 0.612. The number of sulfonamides is 1. The Bertz CT molecular complexity index is 305. The largest absolute Gasteiger partial charge is 0.380 e. The van der Waals surface area contributed by atoms with E-state index in [9.17, 15) is 8.42 Å². The Balaban J connectivity index is 3.72. The molecule has 0 radical (unpaired) electrons. The van der Waals surface area contributed by atoms with Crippen molar-refractivity contribution in [3.05, 3.63) is 0 Å². The zero-order valence-electron chi connectivity index (χ0n) is 12.7. The van der Waals surface area contributed by atoms with Crippen LogP contribution in [0.25, 0.3) is 0 Å². The maximum atomic E-state index is 11.9. The minimum Gasteiger partial charge on any atom is -0.380 e. The van der Waals surface area contributed by atoms with Gasteiger partial charge in [0.05, 0.1) is 11.9 Å². The first-order valence-corrected chi connectivity index (χ1v) is 8.71. The summed E-state index contributed by atoms with van der Waals surface area (Å²) in [6, 6.07) is 0. The summed E-state index contributed by atoms with van der Waals surface area (Å²) >= 11 is 0. The number of hydrogen-bond acceptors (Lipinski definition) is 4. The molecular weight excluding hydrogens is 264 g/mol. The molecule has 0 saturated heterocycles. The summed E-state index contributed by atoms with van der Waals surface area (Å²) in [5.41, 5.74) is 0. The average Bonchev–Trinajstić information content (AvgIpc) is 2.33. The lowest BCUT2D eigenvalue weighted by atomic mass is 10.1. The summed E-state index contributed by atoms with van der Waals surface area (Å²) < 4.78 is 31.7. The van der Waals surface area contributed by atoms with E-state index in [1.165, 1.54) is 0 Å². The van der Waals surface area contributed by atoms with E-state index in [1.54, 1.807) is 6.92 Å². The van der Waals surface area contributed by atoms with Gasteiger partial charge in [-0.25, -0.2) is 13.1 Å². The third-order valence-corrected chi connectivity index (χ3v) is 4.61. The van der Waals surface area contributed by atoms with Crippen molar-refractivity contribution in [1.29, 1.82) is 0 Å². The van der Waals surface area contributed by atoms with Gasteiger partial charge in [0.15, 0.2) is 0 Å². The quantitative estimate of drug-likeness (QED) is 0.533. The highest BCUT2D eigenvalue weighted by atomic mass is 32.2.